The molecule has 1 aromatic heterocycles. The second kappa shape index (κ2) is 8.11. The molecule has 33 heavy (non-hydrogen) atoms. The van der Waals surface area contributed by atoms with Crippen molar-refractivity contribution in [3.8, 4) is 0 Å². The fourth-order valence-corrected chi connectivity index (χ4v) is 5.41. The molecule has 0 saturated carbocycles. The number of nitrogens with zero attached hydrogens (tertiary/aromatic N) is 2. The molecule has 1 spiro atoms. The number of likely N-dealkylation sites (N-methyl/N-ethyl adjacent to an activating group) is 1. The van der Waals surface area contributed by atoms with E-state index in [1.807, 2.05) is 38.1 Å². The normalized spacial score (nSPS) is 19.1. The summed E-state index contributed by atoms with van der Waals surface area (Å²) in [6.07, 6.45) is 0.524. The van der Waals surface area contributed by atoms with Gasteiger partial charge in [0, 0.05) is 36.3 Å². The lowest BCUT2D eigenvalue weighted by Gasteiger charge is -2.34. The van der Waals surface area contributed by atoms with Gasteiger partial charge in [-0.1, -0.05) is 34.1 Å². The van der Waals surface area contributed by atoms with Crippen molar-refractivity contribution < 1.29 is 18.7 Å². The topological polar surface area (TPSA) is 80.1 Å². The van der Waals surface area contributed by atoms with E-state index in [4.69, 9.17) is 9.15 Å². The third-order valence-corrected chi connectivity index (χ3v) is 6.88. The van der Waals surface area contributed by atoms with Crippen LogP contribution in [0.15, 0.2) is 56.1 Å². The van der Waals surface area contributed by atoms with Gasteiger partial charge in [-0.15, -0.1) is 0 Å². The Balaban J connectivity index is 1.82. The molecule has 8 heteroatoms. The van der Waals surface area contributed by atoms with Crippen LogP contribution in [-0.2, 0) is 15.1 Å². The van der Waals surface area contributed by atoms with Crippen LogP contribution >= 0.6 is 15.9 Å². The van der Waals surface area contributed by atoms with Crippen molar-refractivity contribution in [1.29, 1.82) is 0 Å². The van der Waals surface area contributed by atoms with Gasteiger partial charge in [0.2, 0.25) is 5.76 Å². The quantitative estimate of drug-likeness (QED) is 0.467. The van der Waals surface area contributed by atoms with Crippen molar-refractivity contribution in [2.45, 2.75) is 25.8 Å². The van der Waals surface area contributed by atoms with E-state index in [1.165, 1.54) is 4.90 Å². The zero-order chi connectivity index (χ0) is 23.3. The second-order valence-corrected chi connectivity index (χ2v) is 8.98. The van der Waals surface area contributed by atoms with Crippen LogP contribution in [0.4, 0.5) is 5.69 Å². The van der Waals surface area contributed by atoms with Crippen LogP contribution < -0.4 is 10.3 Å². The first-order valence-electron chi connectivity index (χ1n) is 11.0. The van der Waals surface area contributed by atoms with Crippen molar-refractivity contribution >= 4 is 44.4 Å². The number of ether oxygens (including phenoxy) is 1. The van der Waals surface area contributed by atoms with E-state index in [-0.39, 0.29) is 29.2 Å². The van der Waals surface area contributed by atoms with Crippen molar-refractivity contribution in [3.63, 3.8) is 0 Å². The smallest absolute Gasteiger partial charge is 0.291 e. The third kappa shape index (κ3) is 2.93. The van der Waals surface area contributed by atoms with Crippen LogP contribution in [-0.4, -0.2) is 43.0 Å². The first-order chi connectivity index (χ1) is 16.0. The Hall–Kier alpha value is -2.97. The molecule has 2 amide bonds. The number of amides is 2. The molecule has 3 heterocycles. The molecule has 0 saturated heterocycles. The van der Waals surface area contributed by atoms with E-state index in [2.05, 4.69) is 15.9 Å². The maximum Gasteiger partial charge on any atom is 0.291 e. The lowest BCUT2D eigenvalue weighted by molar-refractivity contribution is -0.126. The number of para-hydroxylation sites is 1. The predicted molar refractivity (Wildman–Crippen MR) is 128 cm³/mol. The van der Waals surface area contributed by atoms with Crippen LogP contribution in [0.3, 0.4) is 0 Å². The second-order valence-electron chi connectivity index (χ2n) is 8.06. The molecule has 0 N–H and O–H groups in total. The van der Waals surface area contributed by atoms with Gasteiger partial charge in [0.25, 0.3) is 11.8 Å². The van der Waals surface area contributed by atoms with Crippen molar-refractivity contribution in [3.05, 3.63) is 74.0 Å². The van der Waals surface area contributed by atoms with Gasteiger partial charge in [0.05, 0.1) is 16.6 Å². The van der Waals surface area contributed by atoms with E-state index >= 15 is 0 Å². The lowest BCUT2D eigenvalue weighted by Crippen LogP contribution is -2.53. The number of hydrogen-bond donors (Lipinski definition) is 0. The summed E-state index contributed by atoms with van der Waals surface area (Å²) in [7, 11) is 0. The number of anilines is 1. The molecule has 0 aliphatic carbocycles. The Morgan fingerprint density at radius 2 is 1.88 bits per heavy atom. The predicted octanol–water partition coefficient (Wildman–Crippen LogP) is 4.05. The van der Waals surface area contributed by atoms with Gasteiger partial charge in [-0.25, -0.2) is 0 Å². The summed E-state index contributed by atoms with van der Waals surface area (Å²) in [4.78, 5) is 44.8. The summed E-state index contributed by atoms with van der Waals surface area (Å²) in [5, 5.41) is 0.326. The highest BCUT2D eigenvalue weighted by Gasteiger charge is 2.64. The summed E-state index contributed by atoms with van der Waals surface area (Å²) in [6.45, 7) is 5.45. The highest BCUT2D eigenvalue weighted by Crippen LogP contribution is 2.52. The summed E-state index contributed by atoms with van der Waals surface area (Å²) in [5.41, 5.74) is -0.177. The van der Waals surface area contributed by atoms with E-state index in [9.17, 15) is 14.4 Å². The number of hydrogen-bond acceptors (Lipinski definition) is 5. The highest BCUT2D eigenvalue weighted by atomic mass is 79.9. The van der Waals surface area contributed by atoms with Crippen molar-refractivity contribution in [2.75, 3.05) is 31.2 Å². The van der Waals surface area contributed by atoms with Gasteiger partial charge in [-0.2, -0.15) is 0 Å². The van der Waals surface area contributed by atoms with Gasteiger partial charge in [-0.05, 0) is 44.5 Å². The van der Waals surface area contributed by atoms with Crippen LogP contribution in [0, 0.1) is 0 Å². The Kier molecular flexibility index (Phi) is 5.37. The standard InChI is InChI=1S/C25H23BrN2O5/c1-3-27-18-9-6-5-8-17(18)25(24(27)31)20-21(29)16-14-15(26)10-11-19(16)33-22(20)23(30)28(25)12-7-13-32-4-2/h5-6,8-11,14H,3-4,7,12-13H2,1-2H3. The molecule has 5 rings (SSSR count). The SMILES string of the molecule is CCOCCCN1C(=O)c2oc3ccc(Br)cc3c(=O)c2C12C(=O)N(CC)c1ccccc12. The van der Waals surface area contributed by atoms with Gasteiger partial charge >= 0.3 is 0 Å². The van der Waals surface area contributed by atoms with Crippen LogP contribution in [0.5, 0.6) is 0 Å². The minimum atomic E-state index is -1.55. The molecule has 170 valence electrons. The van der Waals surface area contributed by atoms with Crippen LogP contribution in [0.2, 0.25) is 0 Å². The Morgan fingerprint density at radius 3 is 2.64 bits per heavy atom. The molecular formula is C25H23BrN2O5. The number of rotatable bonds is 6. The summed E-state index contributed by atoms with van der Waals surface area (Å²) in [5.74, 6) is -0.826. The summed E-state index contributed by atoms with van der Waals surface area (Å²) < 4.78 is 12.2. The average Bonchev–Trinajstić information content (AvgIpc) is 3.21. The van der Waals surface area contributed by atoms with Gasteiger partial charge in [-0.3, -0.25) is 14.4 Å². The summed E-state index contributed by atoms with van der Waals surface area (Å²) in [6, 6.07) is 12.4. The molecule has 7 nitrogen and oxygen atoms in total. The van der Waals surface area contributed by atoms with Crippen LogP contribution in [0.1, 0.15) is 41.9 Å². The number of carbonyl (C=O) groups excluding carboxylic acids is 2. The number of halogens is 1. The molecule has 2 aromatic carbocycles. The van der Waals surface area contributed by atoms with Crippen molar-refractivity contribution in [2.24, 2.45) is 0 Å². The Morgan fingerprint density at radius 1 is 1.09 bits per heavy atom. The molecular weight excluding hydrogens is 488 g/mol. The molecule has 3 aromatic rings. The van der Waals surface area contributed by atoms with Gasteiger partial charge < -0.3 is 19.0 Å². The fourth-order valence-electron chi connectivity index (χ4n) is 5.05. The van der Waals surface area contributed by atoms with E-state index < -0.39 is 11.4 Å². The molecule has 1 unspecified atom stereocenters. The molecule has 2 aliphatic heterocycles. The monoisotopic (exact) mass is 510 g/mol. The third-order valence-electron chi connectivity index (χ3n) is 6.39. The average molecular weight is 511 g/mol. The molecule has 0 fully saturated rings. The number of fused-ring (bicyclic) bond motifs is 5. The lowest BCUT2D eigenvalue weighted by atomic mass is 9.84. The minimum absolute atomic E-state index is 0.0626. The molecule has 2 aliphatic rings. The largest absolute Gasteiger partial charge is 0.450 e. The maximum absolute atomic E-state index is 14.1. The van der Waals surface area contributed by atoms with Gasteiger partial charge in [0.15, 0.2) is 11.0 Å². The number of benzene rings is 2. The minimum Gasteiger partial charge on any atom is -0.450 e. The maximum atomic E-state index is 14.1. The van der Waals surface area contributed by atoms with Crippen LogP contribution in [0.25, 0.3) is 11.0 Å². The highest BCUT2D eigenvalue weighted by molar-refractivity contribution is 9.10. The zero-order valence-corrected chi connectivity index (χ0v) is 20.0. The Labute approximate surface area is 199 Å². The summed E-state index contributed by atoms with van der Waals surface area (Å²) >= 11 is 3.41. The van der Waals surface area contributed by atoms with E-state index in [1.54, 1.807) is 23.1 Å². The van der Waals surface area contributed by atoms with E-state index in [0.717, 1.165) is 0 Å². The first kappa shape index (κ1) is 21.9. The Bertz CT molecular complexity index is 1350. The van der Waals surface area contributed by atoms with Crippen molar-refractivity contribution in [1.82, 2.24) is 4.90 Å². The zero-order valence-electron chi connectivity index (χ0n) is 18.4. The molecule has 0 radical (unpaired) electrons. The fraction of sp³-hybridized carbons (Fsp3) is 0.320. The first-order valence-corrected chi connectivity index (χ1v) is 11.8. The molecule has 0 bridgehead atoms. The van der Waals surface area contributed by atoms with E-state index in [0.29, 0.717) is 52.9 Å². The number of carbonyl (C=O) groups is 2. The molecule has 1 atom stereocenters. The van der Waals surface area contributed by atoms with Gasteiger partial charge in [0.1, 0.15) is 5.58 Å².